The summed E-state index contributed by atoms with van der Waals surface area (Å²) >= 11 is 0. The van der Waals surface area contributed by atoms with Crippen molar-refractivity contribution in [3.8, 4) is 23.0 Å². The molecule has 6 rings (SSSR count). The Hall–Kier alpha value is -4.50. The van der Waals surface area contributed by atoms with E-state index in [4.69, 9.17) is 4.42 Å². The van der Waals surface area contributed by atoms with Gasteiger partial charge in [-0.05, 0) is 43.5 Å². The lowest BCUT2D eigenvalue weighted by atomic mass is 10.0. The highest BCUT2D eigenvalue weighted by Crippen LogP contribution is 2.38. The first-order chi connectivity index (χ1) is 15.7. The smallest absolute Gasteiger partial charge is 0.155 e. The largest absolute Gasteiger partial charge is 0.454 e. The molecule has 0 radical (unpaired) electrons. The number of pyridine rings is 1. The zero-order valence-electron chi connectivity index (χ0n) is 17.5. The van der Waals surface area contributed by atoms with Gasteiger partial charge in [-0.15, -0.1) is 10.2 Å². The van der Waals surface area contributed by atoms with Crippen molar-refractivity contribution in [3.05, 3.63) is 84.1 Å². The van der Waals surface area contributed by atoms with E-state index in [0.29, 0.717) is 16.8 Å². The Morgan fingerprint density at radius 3 is 2.38 bits per heavy atom. The second kappa shape index (κ2) is 6.76. The predicted molar refractivity (Wildman–Crippen MR) is 124 cm³/mol. The summed E-state index contributed by atoms with van der Waals surface area (Å²) < 4.78 is 8.25. The van der Waals surface area contributed by atoms with Crippen molar-refractivity contribution in [2.75, 3.05) is 0 Å². The molecule has 6 heteroatoms. The van der Waals surface area contributed by atoms with E-state index in [0.717, 1.165) is 50.0 Å². The van der Waals surface area contributed by atoms with Gasteiger partial charge in [0.25, 0.3) is 0 Å². The molecule has 6 aromatic rings. The van der Waals surface area contributed by atoms with Crippen LogP contribution in [0, 0.1) is 25.2 Å². The van der Waals surface area contributed by atoms with Crippen molar-refractivity contribution >= 4 is 32.7 Å². The number of nitriles is 1. The van der Waals surface area contributed by atoms with E-state index in [1.807, 2.05) is 73.1 Å². The van der Waals surface area contributed by atoms with E-state index in [2.05, 4.69) is 33.4 Å². The fourth-order valence-electron chi connectivity index (χ4n) is 4.40. The molecule has 0 aliphatic carbocycles. The molecule has 0 spiro atoms. The van der Waals surface area contributed by atoms with E-state index in [-0.39, 0.29) is 0 Å². The molecule has 3 heterocycles. The van der Waals surface area contributed by atoms with Gasteiger partial charge >= 0.3 is 0 Å². The van der Waals surface area contributed by atoms with Crippen LogP contribution in [0.15, 0.2) is 71.3 Å². The van der Waals surface area contributed by atoms with Gasteiger partial charge in [-0.2, -0.15) is 5.26 Å². The van der Waals surface area contributed by atoms with Crippen LogP contribution >= 0.6 is 0 Å². The van der Waals surface area contributed by atoms with Crippen molar-refractivity contribution in [2.24, 2.45) is 0 Å². The lowest BCUT2D eigenvalue weighted by Gasteiger charge is -2.08. The molecule has 152 valence electrons. The summed E-state index contributed by atoms with van der Waals surface area (Å²) in [5, 5.41) is 22.4. The zero-order valence-corrected chi connectivity index (χ0v) is 17.5. The summed E-state index contributed by atoms with van der Waals surface area (Å²) in [6.07, 6.45) is 1.88. The van der Waals surface area contributed by atoms with E-state index >= 15 is 0 Å². The number of hydrogen-bond donors (Lipinski definition) is 0. The fraction of sp³-hybridized carbons (Fsp3) is 0.0769. The number of fused-ring (bicyclic) bond motifs is 4. The van der Waals surface area contributed by atoms with Crippen LogP contribution in [0.25, 0.3) is 49.7 Å². The standard InChI is InChI=1S/C26H17N5O/c1-15-29-30-16(2)31(15)24-11-10-20-19-8-5-9-21(25(19)32-26(20)22(24)13-27)23-12-17-6-3-4-7-18(17)14-28-23/h3-12,14H,1-2H3. The second-order valence-corrected chi connectivity index (χ2v) is 7.78. The zero-order chi connectivity index (χ0) is 21.8. The summed E-state index contributed by atoms with van der Waals surface area (Å²) in [5.74, 6) is 1.44. The van der Waals surface area contributed by atoms with Crippen molar-refractivity contribution in [1.82, 2.24) is 19.7 Å². The maximum Gasteiger partial charge on any atom is 0.155 e. The molecule has 32 heavy (non-hydrogen) atoms. The summed E-state index contributed by atoms with van der Waals surface area (Å²) in [6.45, 7) is 3.74. The van der Waals surface area contributed by atoms with Crippen molar-refractivity contribution in [3.63, 3.8) is 0 Å². The van der Waals surface area contributed by atoms with Crippen LogP contribution in [-0.2, 0) is 0 Å². The van der Waals surface area contributed by atoms with Gasteiger partial charge in [-0.1, -0.05) is 36.4 Å². The van der Waals surface area contributed by atoms with Crippen molar-refractivity contribution < 1.29 is 4.42 Å². The monoisotopic (exact) mass is 415 g/mol. The van der Waals surface area contributed by atoms with Crippen molar-refractivity contribution in [1.29, 1.82) is 5.26 Å². The average Bonchev–Trinajstić information content (AvgIpc) is 3.37. The number of para-hydroxylation sites is 1. The second-order valence-electron chi connectivity index (χ2n) is 7.78. The highest BCUT2D eigenvalue weighted by Gasteiger charge is 2.20. The molecule has 0 bridgehead atoms. The predicted octanol–water partition coefficient (Wildman–Crippen LogP) is 5.87. The molecule has 0 saturated carbocycles. The summed E-state index contributed by atoms with van der Waals surface area (Å²) in [7, 11) is 0. The quantitative estimate of drug-likeness (QED) is 0.353. The molecule has 0 aliphatic heterocycles. The van der Waals surface area contributed by atoms with Gasteiger partial charge in [0.2, 0.25) is 0 Å². The summed E-state index contributed by atoms with van der Waals surface area (Å²) in [6, 6.07) is 22.5. The van der Waals surface area contributed by atoms with E-state index in [9.17, 15) is 5.26 Å². The average molecular weight is 415 g/mol. The number of aromatic nitrogens is 4. The third kappa shape index (κ3) is 2.55. The van der Waals surface area contributed by atoms with Gasteiger partial charge in [0.05, 0.1) is 11.4 Å². The maximum atomic E-state index is 10.1. The highest BCUT2D eigenvalue weighted by molar-refractivity contribution is 6.11. The van der Waals surface area contributed by atoms with E-state index in [1.165, 1.54) is 0 Å². The first-order valence-corrected chi connectivity index (χ1v) is 10.3. The van der Waals surface area contributed by atoms with Crippen LogP contribution in [0.2, 0.25) is 0 Å². The van der Waals surface area contributed by atoms with Gasteiger partial charge in [0.1, 0.15) is 28.9 Å². The molecular formula is C26H17N5O. The van der Waals surface area contributed by atoms with Crippen LogP contribution in [0.5, 0.6) is 0 Å². The molecule has 0 atom stereocenters. The Morgan fingerprint density at radius 2 is 1.59 bits per heavy atom. The minimum atomic E-state index is 0.460. The molecule has 0 saturated heterocycles. The third-order valence-electron chi connectivity index (χ3n) is 5.89. The molecule has 0 amide bonds. The number of furan rings is 1. The Bertz CT molecular complexity index is 1700. The van der Waals surface area contributed by atoms with Crippen LogP contribution < -0.4 is 0 Å². The van der Waals surface area contributed by atoms with Gasteiger partial charge in [0, 0.05) is 27.9 Å². The summed E-state index contributed by atoms with van der Waals surface area (Å²) in [5.41, 5.74) is 4.17. The molecule has 0 N–H and O–H groups in total. The first-order valence-electron chi connectivity index (χ1n) is 10.3. The van der Waals surface area contributed by atoms with E-state index < -0.39 is 0 Å². The van der Waals surface area contributed by atoms with E-state index in [1.54, 1.807) is 0 Å². The minimum absolute atomic E-state index is 0.460. The molecule has 3 aromatic heterocycles. The maximum absolute atomic E-state index is 10.1. The number of nitrogens with zero attached hydrogens (tertiary/aromatic N) is 5. The molecule has 0 fully saturated rings. The Kier molecular flexibility index (Phi) is 3.86. The minimum Gasteiger partial charge on any atom is -0.454 e. The van der Waals surface area contributed by atoms with Gasteiger partial charge in [0.15, 0.2) is 5.58 Å². The lowest BCUT2D eigenvalue weighted by Crippen LogP contribution is -2.02. The Labute approximate surface area is 183 Å². The van der Waals surface area contributed by atoms with Gasteiger partial charge < -0.3 is 4.42 Å². The number of aryl methyl sites for hydroxylation is 2. The normalized spacial score (nSPS) is 11.4. The molecule has 0 unspecified atom stereocenters. The highest BCUT2D eigenvalue weighted by atomic mass is 16.3. The Balaban J connectivity index is 1.65. The number of hydrogen-bond acceptors (Lipinski definition) is 5. The first kappa shape index (κ1) is 18.3. The molecule has 6 nitrogen and oxygen atoms in total. The van der Waals surface area contributed by atoms with Gasteiger partial charge in [-0.25, -0.2) is 0 Å². The Morgan fingerprint density at radius 1 is 0.844 bits per heavy atom. The van der Waals surface area contributed by atoms with Gasteiger partial charge in [-0.3, -0.25) is 9.55 Å². The summed E-state index contributed by atoms with van der Waals surface area (Å²) in [4.78, 5) is 4.68. The van der Waals surface area contributed by atoms with Crippen LogP contribution in [0.1, 0.15) is 17.2 Å². The van der Waals surface area contributed by atoms with Crippen molar-refractivity contribution in [2.45, 2.75) is 13.8 Å². The third-order valence-corrected chi connectivity index (χ3v) is 5.89. The van der Waals surface area contributed by atoms with Crippen LogP contribution in [0.4, 0.5) is 0 Å². The topological polar surface area (TPSA) is 80.5 Å². The number of rotatable bonds is 2. The SMILES string of the molecule is Cc1nnc(C)n1-c1ccc2c(oc3c(-c4cc5ccccc5cn4)cccc32)c1C#N. The molecular weight excluding hydrogens is 398 g/mol. The van der Waals surface area contributed by atoms with Crippen LogP contribution in [-0.4, -0.2) is 19.7 Å². The number of benzene rings is 3. The molecule has 3 aromatic carbocycles. The molecule has 0 aliphatic rings. The lowest BCUT2D eigenvalue weighted by molar-refractivity contribution is 0.668. The van der Waals surface area contributed by atoms with Crippen LogP contribution in [0.3, 0.4) is 0 Å². The fourth-order valence-corrected chi connectivity index (χ4v) is 4.40.